The summed E-state index contributed by atoms with van der Waals surface area (Å²) in [6.45, 7) is 2.50. The minimum absolute atomic E-state index is 0.0830. The van der Waals surface area contributed by atoms with Crippen molar-refractivity contribution in [1.29, 1.82) is 0 Å². The second-order valence-electron chi connectivity index (χ2n) is 8.07. The molecule has 168 valence electrons. The van der Waals surface area contributed by atoms with Gasteiger partial charge in [0.05, 0.1) is 11.3 Å². The first-order chi connectivity index (χ1) is 14.4. The third-order valence-electron chi connectivity index (χ3n) is 5.59. The van der Waals surface area contributed by atoms with Crippen molar-refractivity contribution < 1.29 is 32.3 Å². The number of amides is 5. The maximum absolute atomic E-state index is 13.4. The Morgan fingerprint density at radius 2 is 1.84 bits per heavy atom. The fraction of sp³-hybridized carbons (Fsp3) is 0.500. The molecule has 0 aromatic heterocycles. The lowest BCUT2D eigenvalue weighted by Crippen LogP contribution is -2.49. The van der Waals surface area contributed by atoms with Gasteiger partial charge in [0.25, 0.3) is 5.91 Å². The quantitative estimate of drug-likeness (QED) is 0.626. The lowest BCUT2D eigenvalue weighted by Gasteiger charge is -2.33. The number of rotatable bonds is 4. The van der Waals surface area contributed by atoms with Gasteiger partial charge in [-0.1, -0.05) is 6.92 Å². The lowest BCUT2D eigenvalue weighted by molar-refractivity contribution is -0.137. The molecule has 0 atom stereocenters. The fourth-order valence-corrected chi connectivity index (χ4v) is 3.92. The number of anilines is 2. The van der Waals surface area contributed by atoms with Crippen LogP contribution in [0.5, 0.6) is 0 Å². The smallest absolute Gasteiger partial charge is 0.326 e. The zero-order chi connectivity index (χ0) is 23.0. The molecule has 31 heavy (non-hydrogen) atoms. The predicted octanol–water partition coefficient (Wildman–Crippen LogP) is 3.10. The van der Waals surface area contributed by atoms with Crippen LogP contribution in [0.15, 0.2) is 18.2 Å². The first kappa shape index (κ1) is 22.6. The molecule has 3 N–H and O–H groups in total. The summed E-state index contributed by atoms with van der Waals surface area (Å²) in [5, 5.41) is 7.02. The standard InChI is InChI=1S/C20H23F3N4O4/c1-11-5-7-19(8-6-11)17(30)27(18(31)26-19)10-16(29)25-15-4-3-13(24-12(2)28)9-14(15)20(21,22)23/h3-4,9,11H,5-8,10H2,1-2H3,(H,24,28)(H,25,29)(H,26,31). The van der Waals surface area contributed by atoms with Crippen molar-refractivity contribution in [1.82, 2.24) is 10.2 Å². The Labute approximate surface area is 176 Å². The number of urea groups is 1. The normalized spacial score (nSPS) is 23.6. The zero-order valence-electron chi connectivity index (χ0n) is 17.1. The van der Waals surface area contributed by atoms with Gasteiger partial charge < -0.3 is 16.0 Å². The van der Waals surface area contributed by atoms with Crippen molar-refractivity contribution in [2.24, 2.45) is 5.92 Å². The van der Waals surface area contributed by atoms with Gasteiger partial charge in [-0.2, -0.15) is 13.2 Å². The molecule has 1 aromatic rings. The number of carbonyl (C=O) groups excluding carboxylic acids is 4. The van der Waals surface area contributed by atoms with Crippen molar-refractivity contribution in [3.8, 4) is 0 Å². The van der Waals surface area contributed by atoms with Gasteiger partial charge in [-0.3, -0.25) is 19.3 Å². The largest absolute Gasteiger partial charge is 0.418 e. The Balaban J connectivity index is 1.74. The Kier molecular flexibility index (Phi) is 5.97. The molecule has 11 heteroatoms. The zero-order valence-corrected chi connectivity index (χ0v) is 17.1. The molecule has 0 unspecified atom stereocenters. The molecule has 1 aliphatic heterocycles. The molecule has 1 spiro atoms. The van der Waals surface area contributed by atoms with Gasteiger partial charge in [0.1, 0.15) is 12.1 Å². The highest BCUT2D eigenvalue weighted by atomic mass is 19.4. The Bertz CT molecular complexity index is 923. The molecule has 2 fully saturated rings. The maximum atomic E-state index is 13.4. The molecule has 3 rings (SSSR count). The number of benzene rings is 1. The van der Waals surface area contributed by atoms with Gasteiger partial charge in [-0.25, -0.2) is 4.79 Å². The van der Waals surface area contributed by atoms with Gasteiger partial charge in [0.15, 0.2) is 0 Å². The number of hydrogen-bond acceptors (Lipinski definition) is 4. The number of imide groups is 1. The Morgan fingerprint density at radius 1 is 1.19 bits per heavy atom. The second-order valence-corrected chi connectivity index (χ2v) is 8.07. The highest BCUT2D eigenvalue weighted by Gasteiger charge is 2.52. The van der Waals surface area contributed by atoms with Crippen LogP contribution in [0.2, 0.25) is 0 Å². The summed E-state index contributed by atoms with van der Waals surface area (Å²) in [6, 6.07) is 2.18. The van der Waals surface area contributed by atoms with Crippen molar-refractivity contribution in [3.05, 3.63) is 23.8 Å². The van der Waals surface area contributed by atoms with E-state index in [1.54, 1.807) is 0 Å². The summed E-state index contributed by atoms with van der Waals surface area (Å²) in [6.07, 6.45) is -2.39. The van der Waals surface area contributed by atoms with E-state index in [2.05, 4.69) is 22.9 Å². The molecular formula is C20H23F3N4O4. The van der Waals surface area contributed by atoms with Crippen LogP contribution < -0.4 is 16.0 Å². The molecule has 1 saturated heterocycles. The average molecular weight is 440 g/mol. The van der Waals surface area contributed by atoms with E-state index >= 15 is 0 Å². The number of alkyl halides is 3. The Hall–Kier alpha value is -3.11. The van der Waals surface area contributed by atoms with Crippen LogP contribution in [-0.2, 0) is 20.6 Å². The van der Waals surface area contributed by atoms with Crippen LogP contribution >= 0.6 is 0 Å². The molecule has 5 amide bonds. The van der Waals surface area contributed by atoms with Gasteiger partial charge in [-0.05, 0) is 49.8 Å². The predicted molar refractivity (Wildman–Crippen MR) is 105 cm³/mol. The molecule has 1 aliphatic carbocycles. The third kappa shape index (κ3) is 4.80. The van der Waals surface area contributed by atoms with Gasteiger partial charge >= 0.3 is 12.2 Å². The molecule has 1 heterocycles. The van der Waals surface area contributed by atoms with E-state index in [1.165, 1.54) is 6.07 Å². The fourth-order valence-electron chi connectivity index (χ4n) is 3.92. The number of hydrogen-bond donors (Lipinski definition) is 3. The average Bonchev–Trinajstić information content (AvgIpc) is 2.88. The second kappa shape index (κ2) is 8.20. The number of halogens is 3. The number of nitrogens with zero attached hydrogens (tertiary/aromatic N) is 1. The lowest BCUT2D eigenvalue weighted by atomic mass is 9.77. The highest BCUT2D eigenvalue weighted by molar-refractivity contribution is 6.10. The number of nitrogens with one attached hydrogen (secondary N) is 3. The molecule has 1 saturated carbocycles. The first-order valence-electron chi connectivity index (χ1n) is 9.84. The van der Waals surface area contributed by atoms with Gasteiger partial charge in [0.2, 0.25) is 11.8 Å². The molecule has 0 bridgehead atoms. The summed E-state index contributed by atoms with van der Waals surface area (Å²) < 4.78 is 40.3. The van der Waals surface area contributed by atoms with Crippen LogP contribution in [-0.4, -0.2) is 40.7 Å². The van der Waals surface area contributed by atoms with Crippen LogP contribution in [0.4, 0.5) is 29.3 Å². The SMILES string of the molecule is CC(=O)Nc1ccc(NC(=O)CN2C(=O)NC3(CCC(C)CC3)C2=O)c(C(F)(F)F)c1. The molecular weight excluding hydrogens is 417 g/mol. The van der Waals surface area contributed by atoms with E-state index < -0.39 is 53.3 Å². The van der Waals surface area contributed by atoms with Gasteiger partial charge in [-0.15, -0.1) is 0 Å². The third-order valence-corrected chi connectivity index (χ3v) is 5.59. The summed E-state index contributed by atoms with van der Waals surface area (Å²) in [4.78, 5) is 49.3. The summed E-state index contributed by atoms with van der Waals surface area (Å²) >= 11 is 0. The monoisotopic (exact) mass is 440 g/mol. The molecule has 8 nitrogen and oxygen atoms in total. The van der Waals surface area contributed by atoms with Crippen LogP contribution in [0, 0.1) is 5.92 Å². The van der Waals surface area contributed by atoms with E-state index in [1.807, 2.05) is 0 Å². The van der Waals surface area contributed by atoms with Gasteiger partial charge in [0, 0.05) is 12.6 Å². The van der Waals surface area contributed by atoms with Crippen molar-refractivity contribution in [2.75, 3.05) is 17.2 Å². The van der Waals surface area contributed by atoms with E-state index in [-0.39, 0.29) is 5.69 Å². The first-order valence-corrected chi connectivity index (χ1v) is 9.84. The van der Waals surface area contributed by atoms with Crippen molar-refractivity contribution >= 4 is 35.1 Å². The minimum Gasteiger partial charge on any atom is -0.326 e. The van der Waals surface area contributed by atoms with E-state index in [4.69, 9.17) is 0 Å². The summed E-state index contributed by atoms with van der Waals surface area (Å²) in [7, 11) is 0. The van der Waals surface area contributed by atoms with Crippen LogP contribution in [0.3, 0.4) is 0 Å². The van der Waals surface area contributed by atoms with Crippen LogP contribution in [0.25, 0.3) is 0 Å². The highest BCUT2D eigenvalue weighted by Crippen LogP contribution is 2.38. The van der Waals surface area contributed by atoms with E-state index in [0.717, 1.165) is 30.7 Å². The van der Waals surface area contributed by atoms with E-state index in [0.29, 0.717) is 24.8 Å². The van der Waals surface area contributed by atoms with E-state index in [9.17, 15) is 32.3 Å². The van der Waals surface area contributed by atoms with Crippen molar-refractivity contribution in [3.63, 3.8) is 0 Å². The minimum atomic E-state index is -4.80. The summed E-state index contributed by atoms with van der Waals surface area (Å²) in [5.74, 6) is -1.59. The maximum Gasteiger partial charge on any atom is 0.418 e. The Morgan fingerprint density at radius 3 is 2.42 bits per heavy atom. The molecule has 1 aromatic carbocycles. The number of carbonyl (C=O) groups is 4. The van der Waals surface area contributed by atoms with Crippen LogP contribution in [0.1, 0.15) is 45.1 Å². The van der Waals surface area contributed by atoms with Crippen molar-refractivity contribution in [2.45, 2.75) is 51.2 Å². The molecule has 0 radical (unpaired) electrons. The molecule has 2 aliphatic rings. The summed E-state index contributed by atoms with van der Waals surface area (Å²) in [5.41, 5.74) is -2.83. The topological polar surface area (TPSA) is 108 Å².